The fraction of sp³-hybridized carbons (Fsp3) is 0.444. The van der Waals surface area contributed by atoms with Gasteiger partial charge in [0.15, 0.2) is 0 Å². The Morgan fingerprint density at radius 2 is 2.33 bits per heavy atom. The Labute approximate surface area is 77.6 Å². The van der Waals surface area contributed by atoms with E-state index in [4.69, 9.17) is 5.73 Å². The molecule has 1 aromatic heterocycles. The second kappa shape index (κ2) is 4.48. The van der Waals surface area contributed by atoms with Gasteiger partial charge in [-0.2, -0.15) is 0 Å². The van der Waals surface area contributed by atoms with E-state index in [-0.39, 0.29) is 0 Å². The highest BCUT2D eigenvalue weighted by atomic mass is 32.2. The Bertz CT molecular complexity index is 248. The van der Waals surface area contributed by atoms with Crippen molar-refractivity contribution in [1.82, 2.24) is 4.98 Å². The minimum absolute atomic E-state index is 0.583. The van der Waals surface area contributed by atoms with Gasteiger partial charge in [0.1, 0.15) is 0 Å². The maximum Gasteiger partial charge on any atom is 0.0407 e. The molecule has 66 valence electrons. The van der Waals surface area contributed by atoms with Crippen LogP contribution in [0.5, 0.6) is 0 Å². The van der Waals surface area contributed by atoms with Gasteiger partial charge in [0.05, 0.1) is 0 Å². The van der Waals surface area contributed by atoms with E-state index < -0.39 is 0 Å². The molecule has 2 N–H and O–H groups in total. The van der Waals surface area contributed by atoms with Crippen LogP contribution in [-0.4, -0.2) is 10.2 Å². The fourth-order valence-electron chi connectivity index (χ4n) is 0.937. The van der Waals surface area contributed by atoms with E-state index in [1.807, 2.05) is 24.0 Å². The summed E-state index contributed by atoms with van der Waals surface area (Å²) in [6.45, 7) is 4.92. The van der Waals surface area contributed by atoms with Gasteiger partial charge in [0.2, 0.25) is 0 Å². The molecule has 1 aromatic rings. The number of thioether (sulfide) groups is 1. The van der Waals surface area contributed by atoms with Crippen molar-refractivity contribution in [2.45, 2.75) is 30.5 Å². The van der Waals surface area contributed by atoms with Crippen molar-refractivity contribution in [1.29, 1.82) is 0 Å². The average Bonchev–Trinajstić information content (AvgIpc) is 2.04. The van der Waals surface area contributed by atoms with Gasteiger partial charge in [-0.15, -0.1) is 11.8 Å². The molecule has 0 unspecified atom stereocenters. The molecule has 0 atom stereocenters. The molecular weight excluding hydrogens is 168 g/mol. The van der Waals surface area contributed by atoms with Crippen molar-refractivity contribution < 1.29 is 0 Å². The van der Waals surface area contributed by atoms with E-state index >= 15 is 0 Å². The molecule has 1 rings (SSSR count). The molecule has 0 aliphatic carbocycles. The first-order valence-corrected chi connectivity index (χ1v) is 4.91. The van der Waals surface area contributed by atoms with Crippen LogP contribution in [0.25, 0.3) is 0 Å². The first kappa shape index (κ1) is 9.55. The Morgan fingerprint density at radius 3 is 2.92 bits per heavy atom. The molecule has 0 saturated carbocycles. The molecule has 0 aliphatic rings. The largest absolute Gasteiger partial charge is 0.326 e. The van der Waals surface area contributed by atoms with Gasteiger partial charge in [-0.3, -0.25) is 4.98 Å². The van der Waals surface area contributed by atoms with Crippen LogP contribution in [0.3, 0.4) is 0 Å². The molecule has 12 heavy (non-hydrogen) atoms. The van der Waals surface area contributed by atoms with Crippen molar-refractivity contribution in [3.8, 4) is 0 Å². The molecule has 0 radical (unpaired) electrons. The second-order valence-electron chi connectivity index (χ2n) is 2.85. The average molecular weight is 182 g/mol. The van der Waals surface area contributed by atoms with Crippen LogP contribution in [0, 0.1) is 0 Å². The normalized spacial score (nSPS) is 10.7. The van der Waals surface area contributed by atoms with Crippen molar-refractivity contribution in [3.05, 3.63) is 24.0 Å². The SMILES string of the molecule is CC(C)Sc1cnccc1CN. The van der Waals surface area contributed by atoms with Crippen molar-refractivity contribution >= 4 is 11.8 Å². The third kappa shape index (κ3) is 2.50. The van der Waals surface area contributed by atoms with Crippen molar-refractivity contribution in [3.63, 3.8) is 0 Å². The number of hydrogen-bond donors (Lipinski definition) is 1. The van der Waals surface area contributed by atoms with Crippen molar-refractivity contribution in [2.75, 3.05) is 0 Å². The van der Waals surface area contributed by atoms with Crippen LogP contribution in [0.15, 0.2) is 23.4 Å². The lowest BCUT2D eigenvalue weighted by atomic mass is 10.3. The summed E-state index contributed by atoms with van der Waals surface area (Å²) in [4.78, 5) is 5.27. The van der Waals surface area contributed by atoms with E-state index in [1.165, 1.54) is 10.5 Å². The number of pyridine rings is 1. The summed E-state index contributed by atoms with van der Waals surface area (Å²) in [5.74, 6) is 0. The molecule has 2 nitrogen and oxygen atoms in total. The Kier molecular flexibility index (Phi) is 3.56. The summed E-state index contributed by atoms with van der Waals surface area (Å²) >= 11 is 1.81. The molecule has 0 bridgehead atoms. The van der Waals surface area contributed by atoms with E-state index in [1.54, 1.807) is 6.20 Å². The lowest BCUT2D eigenvalue weighted by Crippen LogP contribution is -2.00. The van der Waals surface area contributed by atoms with Gasteiger partial charge in [0, 0.05) is 29.1 Å². The van der Waals surface area contributed by atoms with Gasteiger partial charge in [0.25, 0.3) is 0 Å². The van der Waals surface area contributed by atoms with E-state index in [0.717, 1.165) is 0 Å². The minimum Gasteiger partial charge on any atom is -0.326 e. The monoisotopic (exact) mass is 182 g/mol. The highest BCUT2D eigenvalue weighted by Gasteiger charge is 2.02. The smallest absolute Gasteiger partial charge is 0.0407 e. The fourth-order valence-corrected chi connectivity index (χ4v) is 1.87. The third-order valence-corrected chi connectivity index (χ3v) is 2.55. The van der Waals surface area contributed by atoms with Crippen LogP contribution < -0.4 is 5.73 Å². The minimum atomic E-state index is 0.583. The number of nitrogens with zero attached hydrogens (tertiary/aromatic N) is 1. The molecule has 0 spiro atoms. The second-order valence-corrected chi connectivity index (χ2v) is 4.47. The summed E-state index contributed by atoms with van der Waals surface area (Å²) < 4.78 is 0. The Hall–Kier alpha value is -0.540. The number of nitrogens with two attached hydrogens (primary N) is 1. The highest BCUT2D eigenvalue weighted by Crippen LogP contribution is 2.24. The van der Waals surface area contributed by atoms with Crippen LogP contribution >= 0.6 is 11.8 Å². The summed E-state index contributed by atoms with van der Waals surface area (Å²) in [5, 5.41) is 0.583. The molecule has 0 amide bonds. The molecule has 0 aromatic carbocycles. The zero-order valence-corrected chi connectivity index (χ0v) is 8.27. The van der Waals surface area contributed by atoms with Gasteiger partial charge < -0.3 is 5.73 Å². The highest BCUT2D eigenvalue weighted by molar-refractivity contribution is 8.00. The number of aromatic nitrogens is 1. The predicted octanol–water partition coefficient (Wildman–Crippen LogP) is 2.04. The Morgan fingerprint density at radius 1 is 1.58 bits per heavy atom. The number of rotatable bonds is 3. The molecule has 0 aliphatic heterocycles. The quantitative estimate of drug-likeness (QED) is 0.727. The maximum atomic E-state index is 5.59. The third-order valence-electron chi connectivity index (χ3n) is 1.45. The lowest BCUT2D eigenvalue weighted by molar-refractivity contribution is 0.998. The van der Waals surface area contributed by atoms with Crippen LogP contribution in [0.2, 0.25) is 0 Å². The van der Waals surface area contributed by atoms with Gasteiger partial charge in [-0.05, 0) is 11.6 Å². The summed E-state index contributed by atoms with van der Waals surface area (Å²) in [5.41, 5.74) is 6.77. The van der Waals surface area contributed by atoms with Crippen LogP contribution in [-0.2, 0) is 6.54 Å². The van der Waals surface area contributed by atoms with Gasteiger partial charge in [-0.25, -0.2) is 0 Å². The molecule has 1 heterocycles. The number of hydrogen-bond acceptors (Lipinski definition) is 3. The first-order valence-electron chi connectivity index (χ1n) is 4.03. The summed E-state index contributed by atoms with van der Waals surface area (Å²) in [6.07, 6.45) is 3.67. The van der Waals surface area contributed by atoms with E-state index in [0.29, 0.717) is 11.8 Å². The molecule has 0 fully saturated rings. The molecule has 3 heteroatoms. The molecule has 0 saturated heterocycles. The van der Waals surface area contributed by atoms with E-state index in [9.17, 15) is 0 Å². The van der Waals surface area contributed by atoms with Crippen LogP contribution in [0.4, 0.5) is 0 Å². The zero-order valence-electron chi connectivity index (χ0n) is 7.45. The van der Waals surface area contributed by atoms with Gasteiger partial charge in [-0.1, -0.05) is 13.8 Å². The van der Waals surface area contributed by atoms with Crippen LogP contribution in [0.1, 0.15) is 19.4 Å². The predicted molar refractivity (Wildman–Crippen MR) is 53.1 cm³/mol. The standard InChI is InChI=1S/C9H14N2S/c1-7(2)12-9-6-11-4-3-8(9)5-10/h3-4,6-7H,5,10H2,1-2H3. The summed E-state index contributed by atoms with van der Waals surface area (Å²) in [7, 11) is 0. The maximum absolute atomic E-state index is 5.59. The summed E-state index contributed by atoms with van der Waals surface area (Å²) in [6, 6.07) is 1.98. The Balaban J connectivity index is 2.82. The first-order chi connectivity index (χ1) is 5.74. The van der Waals surface area contributed by atoms with Gasteiger partial charge >= 0.3 is 0 Å². The topological polar surface area (TPSA) is 38.9 Å². The molecular formula is C9H14N2S. The van der Waals surface area contributed by atoms with Crippen molar-refractivity contribution in [2.24, 2.45) is 5.73 Å². The zero-order chi connectivity index (χ0) is 8.97. The lowest BCUT2D eigenvalue weighted by Gasteiger charge is -2.08. The van der Waals surface area contributed by atoms with E-state index in [2.05, 4.69) is 18.8 Å².